The van der Waals surface area contributed by atoms with Gasteiger partial charge in [-0.15, -0.1) is 0 Å². The molecule has 2 aliphatic rings. The van der Waals surface area contributed by atoms with Gasteiger partial charge < -0.3 is 4.74 Å². The lowest BCUT2D eigenvalue weighted by molar-refractivity contribution is 0.207. The zero-order chi connectivity index (χ0) is 8.01. The average molecular weight is 148 g/mol. The molecular weight excluding hydrogens is 136 g/mol. The van der Waals surface area contributed by atoms with Crippen molar-refractivity contribution in [2.24, 2.45) is 0 Å². The average Bonchev–Trinajstić information content (AvgIpc) is 2.37. The quantitative estimate of drug-likeness (QED) is 0.513. The number of rotatable bonds is 0. The Kier molecular flexibility index (Phi) is 1.22. The van der Waals surface area contributed by atoms with Crippen LogP contribution in [0.3, 0.4) is 0 Å². The van der Waals surface area contributed by atoms with E-state index in [2.05, 4.69) is 26.0 Å². The molecule has 0 aromatic rings. The van der Waals surface area contributed by atoms with E-state index in [0.717, 1.165) is 5.76 Å². The molecule has 1 heteroatoms. The molecule has 1 aliphatic carbocycles. The Morgan fingerprint density at radius 2 is 2.00 bits per heavy atom. The third kappa shape index (κ3) is 0.839. The molecule has 1 atom stereocenters. The van der Waals surface area contributed by atoms with Gasteiger partial charge in [-0.25, -0.2) is 0 Å². The van der Waals surface area contributed by atoms with Crippen LogP contribution in [-0.2, 0) is 4.74 Å². The van der Waals surface area contributed by atoms with Gasteiger partial charge in [0.25, 0.3) is 0 Å². The fourth-order valence-electron chi connectivity index (χ4n) is 1.62. The van der Waals surface area contributed by atoms with Crippen molar-refractivity contribution >= 4 is 0 Å². The largest absolute Gasteiger partial charge is 0.486 e. The molecule has 0 radical (unpaired) electrons. The summed E-state index contributed by atoms with van der Waals surface area (Å²) in [6.07, 6.45) is 4.54. The van der Waals surface area contributed by atoms with Crippen molar-refractivity contribution in [3.63, 3.8) is 0 Å². The van der Waals surface area contributed by atoms with Crippen molar-refractivity contribution in [1.82, 2.24) is 0 Å². The van der Waals surface area contributed by atoms with Crippen molar-refractivity contribution in [2.45, 2.75) is 26.9 Å². The van der Waals surface area contributed by atoms with Crippen molar-refractivity contribution in [1.29, 1.82) is 0 Å². The molecule has 1 heterocycles. The summed E-state index contributed by atoms with van der Waals surface area (Å²) in [6.45, 7) is 6.29. The Labute approximate surface area is 67.1 Å². The number of hydrogen-bond donors (Lipinski definition) is 0. The molecule has 0 saturated carbocycles. The summed E-state index contributed by atoms with van der Waals surface area (Å²) in [4.78, 5) is 0. The van der Waals surface area contributed by atoms with Crippen LogP contribution in [0.25, 0.3) is 0 Å². The lowest BCUT2D eigenvalue weighted by Gasteiger charge is -2.03. The Morgan fingerprint density at radius 3 is 2.64 bits per heavy atom. The number of fused-ring (bicyclic) bond motifs is 1. The second-order valence-electron chi connectivity index (χ2n) is 3.22. The van der Waals surface area contributed by atoms with Crippen LogP contribution < -0.4 is 0 Å². The van der Waals surface area contributed by atoms with Crippen LogP contribution in [0, 0.1) is 0 Å². The maximum atomic E-state index is 5.55. The predicted molar refractivity (Wildman–Crippen MR) is 45.1 cm³/mol. The van der Waals surface area contributed by atoms with Gasteiger partial charge in [-0.3, -0.25) is 0 Å². The molecule has 0 aromatic carbocycles. The van der Waals surface area contributed by atoms with E-state index in [1.807, 2.05) is 6.92 Å². The topological polar surface area (TPSA) is 9.23 Å². The molecule has 0 amide bonds. The van der Waals surface area contributed by atoms with E-state index >= 15 is 0 Å². The molecule has 0 N–H and O–H groups in total. The zero-order valence-corrected chi connectivity index (χ0v) is 7.14. The van der Waals surface area contributed by atoms with E-state index < -0.39 is 0 Å². The van der Waals surface area contributed by atoms with E-state index in [4.69, 9.17) is 4.74 Å². The van der Waals surface area contributed by atoms with Crippen molar-refractivity contribution < 1.29 is 4.74 Å². The summed E-state index contributed by atoms with van der Waals surface area (Å²) in [6, 6.07) is 0. The first kappa shape index (κ1) is 6.71. The van der Waals surface area contributed by atoms with E-state index in [1.165, 1.54) is 16.7 Å². The highest BCUT2D eigenvalue weighted by Crippen LogP contribution is 2.34. The third-order valence-corrected chi connectivity index (χ3v) is 2.40. The summed E-state index contributed by atoms with van der Waals surface area (Å²) >= 11 is 0. The monoisotopic (exact) mass is 148 g/mol. The van der Waals surface area contributed by atoms with Gasteiger partial charge in [0, 0.05) is 5.57 Å². The van der Waals surface area contributed by atoms with E-state index in [-0.39, 0.29) is 6.10 Å². The van der Waals surface area contributed by atoms with Gasteiger partial charge >= 0.3 is 0 Å². The first-order valence-corrected chi connectivity index (χ1v) is 3.93. The molecule has 11 heavy (non-hydrogen) atoms. The predicted octanol–water partition coefficient (Wildman–Crippen LogP) is 2.57. The highest BCUT2D eigenvalue weighted by atomic mass is 16.5. The molecule has 0 bridgehead atoms. The zero-order valence-electron chi connectivity index (χ0n) is 7.14. The lowest BCUT2D eigenvalue weighted by atomic mass is 10.1. The summed E-state index contributed by atoms with van der Waals surface area (Å²) in [7, 11) is 0. The molecule has 0 aromatic heterocycles. The van der Waals surface area contributed by atoms with Gasteiger partial charge in [0.1, 0.15) is 6.10 Å². The first-order valence-electron chi connectivity index (χ1n) is 3.93. The van der Waals surface area contributed by atoms with Crippen LogP contribution >= 0.6 is 0 Å². The fraction of sp³-hybridized carbons (Fsp3) is 0.400. The second-order valence-corrected chi connectivity index (χ2v) is 3.22. The number of allylic oxidation sites excluding steroid dienone is 3. The Bertz CT molecular complexity index is 292. The second kappa shape index (κ2) is 2.00. The van der Waals surface area contributed by atoms with E-state index in [1.54, 1.807) is 0 Å². The van der Waals surface area contributed by atoms with Crippen LogP contribution in [0.15, 0.2) is 34.6 Å². The Morgan fingerprint density at radius 1 is 1.27 bits per heavy atom. The smallest absolute Gasteiger partial charge is 0.142 e. The van der Waals surface area contributed by atoms with Gasteiger partial charge in [-0.05, 0) is 44.1 Å². The van der Waals surface area contributed by atoms with Crippen LogP contribution in [-0.4, -0.2) is 6.10 Å². The van der Waals surface area contributed by atoms with Crippen LogP contribution in [0.4, 0.5) is 0 Å². The minimum atomic E-state index is 0.231. The van der Waals surface area contributed by atoms with Crippen LogP contribution in [0.5, 0.6) is 0 Å². The molecule has 1 aliphatic heterocycles. The van der Waals surface area contributed by atoms with Crippen LogP contribution in [0.2, 0.25) is 0 Å². The van der Waals surface area contributed by atoms with Gasteiger partial charge in [-0.1, -0.05) is 0 Å². The molecule has 2 rings (SSSR count). The standard InChI is InChI=1S/C10H12O/c1-6-4-10-9(8(6)3)5-7(2)11-10/h4-5,10H,1-3H3. The highest BCUT2D eigenvalue weighted by Gasteiger charge is 2.26. The van der Waals surface area contributed by atoms with Crippen molar-refractivity contribution in [2.75, 3.05) is 0 Å². The maximum absolute atomic E-state index is 5.55. The van der Waals surface area contributed by atoms with Crippen molar-refractivity contribution in [3.8, 4) is 0 Å². The summed E-state index contributed by atoms with van der Waals surface area (Å²) in [5, 5.41) is 0. The minimum Gasteiger partial charge on any atom is -0.486 e. The molecular formula is C10H12O. The lowest BCUT2D eigenvalue weighted by Crippen LogP contribution is -2.00. The number of hydrogen-bond acceptors (Lipinski definition) is 1. The van der Waals surface area contributed by atoms with Gasteiger partial charge in [-0.2, -0.15) is 0 Å². The SMILES string of the molecule is CC1=CC2=C(C)C(C)=CC2O1. The van der Waals surface area contributed by atoms with Gasteiger partial charge in [0.15, 0.2) is 0 Å². The summed E-state index contributed by atoms with van der Waals surface area (Å²) < 4.78 is 5.55. The molecule has 0 fully saturated rings. The highest BCUT2D eigenvalue weighted by molar-refractivity contribution is 5.51. The molecule has 1 unspecified atom stereocenters. The van der Waals surface area contributed by atoms with Gasteiger partial charge in [0.05, 0.1) is 5.76 Å². The first-order chi connectivity index (χ1) is 5.18. The van der Waals surface area contributed by atoms with Crippen LogP contribution in [0.1, 0.15) is 20.8 Å². The third-order valence-electron chi connectivity index (χ3n) is 2.40. The van der Waals surface area contributed by atoms with E-state index in [0.29, 0.717) is 0 Å². The fourth-order valence-corrected chi connectivity index (χ4v) is 1.62. The molecule has 1 nitrogen and oxygen atoms in total. The summed E-state index contributed by atoms with van der Waals surface area (Å²) in [5.74, 6) is 1.04. The molecule has 58 valence electrons. The number of ether oxygens (including phenoxy) is 1. The van der Waals surface area contributed by atoms with Crippen molar-refractivity contribution in [3.05, 3.63) is 34.6 Å². The molecule has 0 spiro atoms. The Hall–Kier alpha value is -0.980. The minimum absolute atomic E-state index is 0.231. The normalized spacial score (nSPS) is 28.1. The molecule has 0 saturated heterocycles. The maximum Gasteiger partial charge on any atom is 0.142 e. The Balaban J connectivity index is 2.45. The van der Waals surface area contributed by atoms with E-state index in [9.17, 15) is 0 Å². The summed E-state index contributed by atoms with van der Waals surface area (Å²) in [5.41, 5.74) is 4.08. The van der Waals surface area contributed by atoms with Gasteiger partial charge in [0.2, 0.25) is 0 Å².